The molecular formula is C17H21FN2O. The minimum atomic E-state index is -0.224. The lowest BCUT2D eigenvalue weighted by molar-refractivity contribution is 0.243. The molecule has 0 amide bonds. The van der Waals surface area contributed by atoms with E-state index in [0.29, 0.717) is 0 Å². The van der Waals surface area contributed by atoms with Crippen molar-refractivity contribution in [2.45, 2.75) is 20.0 Å². The van der Waals surface area contributed by atoms with Crippen LogP contribution < -0.4 is 15.4 Å². The molecule has 112 valence electrons. The number of para-hydroxylation sites is 2. The molecule has 0 unspecified atom stereocenters. The number of hydrogen-bond donors (Lipinski definition) is 2. The van der Waals surface area contributed by atoms with Gasteiger partial charge in [-0.2, -0.15) is 0 Å². The second-order valence-electron chi connectivity index (χ2n) is 5.02. The predicted octanol–water partition coefficient (Wildman–Crippen LogP) is 4.14. The Balaban J connectivity index is 1.82. The highest BCUT2D eigenvalue weighted by molar-refractivity contribution is 5.56. The first-order valence-corrected chi connectivity index (χ1v) is 7.14. The fourth-order valence-corrected chi connectivity index (χ4v) is 1.94. The molecule has 2 aromatic carbocycles. The maximum absolute atomic E-state index is 12.8. The molecule has 2 aromatic rings. The van der Waals surface area contributed by atoms with E-state index >= 15 is 0 Å². The molecule has 0 aliphatic heterocycles. The van der Waals surface area contributed by atoms with Gasteiger partial charge in [0, 0.05) is 18.8 Å². The molecule has 0 aliphatic carbocycles. The van der Waals surface area contributed by atoms with Gasteiger partial charge in [-0.05, 0) is 50.2 Å². The van der Waals surface area contributed by atoms with Gasteiger partial charge in [-0.1, -0.05) is 12.1 Å². The van der Waals surface area contributed by atoms with Crippen LogP contribution in [0.3, 0.4) is 0 Å². The summed E-state index contributed by atoms with van der Waals surface area (Å²) in [4.78, 5) is 0. The van der Waals surface area contributed by atoms with E-state index in [0.717, 1.165) is 30.2 Å². The summed E-state index contributed by atoms with van der Waals surface area (Å²) in [6.07, 6.45) is 0.144. The molecule has 2 N–H and O–H groups in total. The van der Waals surface area contributed by atoms with Crippen molar-refractivity contribution >= 4 is 11.4 Å². The summed E-state index contributed by atoms with van der Waals surface area (Å²) in [6, 6.07) is 14.2. The monoisotopic (exact) mass is 288 g/mol. The molecule has 0 atom stereocenters. The topological polar surface area (TPSA) is 33.3 Å². The highest BCUT2D eigenvalue weighted by atomic mass is 19.1. The first-order valence-electron chi connectivity index (χ1n) is 7.14. The SMILES string of the molecule is CC(C)Oc1ccccc1NCCNc1ccc(F)cc1. The van der Waals surface area contributed by atoms with Crippen LogP contribution in [-0.4, -0.2) is 19.2 Å². The third-order valence-electron chi connectivity index (χ3n) is 2.86. The summed E-state index contributed by atoms with van der Waals surface area (Å²) in [5.41, 5.74) is 1.89. The Morgan fingerprint density at radius 2 is 1.62 bits per heavy atom. The summed E-state index contributed by atoms with van der Waals surface area (Å²) in [5.74, 6) is 0.632. The Bertz CT molecular complexity index is 555. The van der Waals surface area contributed by atoms with E-state index in [1.54, 1.807) is 12.1 Å². The standard InChI is InChI=1S/C17H21FN2O/c1-13(2)21-17-6-4-3-5-16(17)20-12-11-19-15-9-7-14(18)8-10-15/h3-10,13,19-20H,11-12H2,1-2H3. The first kappa shape index (κ1) is 15.2. The van der Waals surface area contributed by atoms with Gasteiger partial charge in [0.2, 0.25) is 0 Å². The summed E-state index contributed by atoms with van der Waals surface area (Å²) < 4.78 is 18.5. The normalized spacial score (nSPS) is 10.5. The molecule has 0 heterocycles. The smallest absolute Gasteiger partial charge is 0.142 e. The molecule has 0 saturated carbocycles. The molecule has 0 spiro atoms. The van der Waals surface area contributed by atoms with E-state index < -0.39 is 0 Å². The van der Waals surface area contributed by atoms with E-state index in [1.165, 1.54) is 12.1 Å². The summed E-state index contributed by atoms with van der Waals surface area (Å²) in [5, 5.41) is 6.57. The minimum Gasteiger partial charge on any atom is -0.489 e. The van der Waals surface area contributed by atoms with Gasteiger partial charge in [-0.15, -0.1) is 0 Å². The molecule has 0 saturated heterocycles. The van der Waals surface area contributed by atoms with Crippen molar-refractivity contribution in [3.63, 3.8) is 0 Å². The van der Waals surface area contributed by atoms with Gasteiger partial charge in [0.1, 0.15) is 11.6 Å². The number of benzene rings is 2. The number of rotatable bonds is 7. The van der Waals surface area contributed by atoms with Crippen LogP contribution in [0.1, 0.15) is 13.8 Å². The lowest BCUT2D eigenvalue weighted by Crippen LogP contribution is -2.15. The van der Waals surface area contributed by atoms with Crippen LogP contribution in [0.15, 0.2) is 48.5 Å². The Hall–Kier alpha value is -2.23. The Morgan fingerprint density at radius 1 is 0.952 bits per heavy atom. The van der Waals surface area contributed by atoms with Gasteiger partial charge < -0.3 is 15.4 Å². The van der Waals surface area contributed by atoms with E-state index in [1.807, 2.05) is 38.1 Å². The number of nitrogens with one attached hydrogen (secondary N) is 2. The van der Waals surface area contributed by atoms with Crippen molar-refractivity contribution in [3.8, 4) is 5.75 Å². The van der Waals surface area contributed by atoms with E-state index in [2.05, 4.69) is 10.6 Å². The Labute approximate surface area is 125 Å². The molecule has 21 heavy (non-hydrogen) atoms. The Kier molecular flexibility index (Phi) is 5.43. The maximum Gasteiger partial charge on any atom is 0.142 e. The average molecular weight is 288 g/mol. The van der Waals surface area contributed by atoms with Gasteiger partial charge in [-0.25, -0.2) is 4.39 Å². The fraction of sp³-hybridized carbons (Fsp3) is 0.294. The molecular weight excluding hydrogens is 267 g/mol. The largest absolute Gasteiger partial charge is 0.489 e. The first-order chi connectivity index (χ1) is 10.1. The van der Waals surface area contributed by atoms with Crippen molar-refractivity contribution in [2.24, 2.45) is 0 Å². The van der Waals surface area contributed by atoms with Crippen LogP contribution in [0.2, 0.25) is 0 Å². The second-order valence-corrected chi connectivity index (χ2v) is 5.02. The predicted molar refractivity (Wildman–Crippen MR) is 85.6 cm³/mol. The van der Waals surface area contributed by atoms with Crippen LogP contribution in [0.25, 0.3) is 0 Å². The zero-order chi connectivity index (χ0) is 15.1. The quantitative estimate of drug-likeness (QED) is 0.751. The van der Waals surface area contributed by atoms with Crippen LogP contribution in [0, 0.1) is 5.82 Å². The highest BCUT2D eigenvalue weighted by Gasteiger charge is 2.03. The maximum atomic E-state index is 12.8. The van der Waals surface area contributed by atoms with Crippen LogP contribution >= 0.6 is 0 Å². The zero-order valence-corrected chi connectivity index (χ0v) is 12.4. The van der Waals surface area contributed by atoms with Crippen molar-refractivity contribution in [1.82, 2.24) is 0 Å². The highest BCUT2D eigenvalue weighted by Crippen LogP contribution is 2.24. The number of hydrogen-bond acceptors (Lipinski definition) is 3. The van der Waals surface area contributed by atoms with E-state index in [-0.39, 0.29) is 11.9 Å². The molecule has 0 aromatic heterocycles. The molecule has 0 aliphatic rings. The van der Waals surface area contributed by atoms with Gasteiger partial charge in [-0.3, -0.25) is 0 Å². The van der Waals surface area contributed by atoms with Crippen molar-refractivity contribution in [3.05, 3.63) is 54.3 Å². The van der Waals surface area contributed by atoms with E-state index in [9.17, 15) is 4.39 Å². The summed E-state index contributed by atoms with van der Waals surface area (Å²) in [7, 11) is 0. The Morgan fingerprint density at radius 3 is 2.33 bits per heavy atom. The number of halogens is 1. The minimum absolute atomic E-state index is 0.144. The third-order valence-corrected chi connectivity index (χ3v) is 2.86. The van der Waals surface area contributed by atoms with Gasteiger partial charge in [0.15, 0.2) is 0 Å². The van der Waals surface area contributed by atoms with Gasteiger partial charge in [0.25, 0.3) is 0 Å². The fourth-order valence-electron chi connectivity index (χ4n) is 1.94. The lowest BCUT2D eigenvalue weighted by atomic mass is 10.3. The third kappa shape index (κ3) is 4.99. The summed E-state index contributed by atoms with van der Waals surface area (Å²) in [6.45, 7) is 5.50. The van der Waals surface area contributed by atoms with Gasteiger partial charge in [0.05, 0.1) is 11.8 Å². The van der Waals surface area contributed by atoms with E-state index in [4.69, 9.17) is 4.74 Å². The van der Waals surface area contributed by atoms with Gasteiger partial charge >= 0.3 is 0 Å². The molecule has 0 fully saturated rings. The number of ether oxygens (including phenoxy) is 1. The zero-order valence-electron chi connectivity index (χ0n) is 12.4. The van der Waals surface area contributed by atoms with Crippen LogP contribution in [0.5, 0.6) is 5.75 Å². The molecule has 2 rings (SSSR count). The molecule has 0 radical (unpaired) electrons. The number of anilines is 2. The molecule has 3 nitrogen and oxygen atoms in total. The summed E-state index contributed by atoms with van der Waals surface area (Å²) >= 11 is 0. The second kappa shape index (κ2) is 7.53. The van der Waals surface area contributed by atoms with Crippen molar-refractivity contribution < 1.29 is 9.13 Å². The molecule has 4 heteroatoms. The lowest BCUT2D eigenvalue weighted by Gasteiger charge is -2.15. The van der Waals surface area contributed by atoms with Crippen molar-refractivity contribution in [1.29, 1.82) is 0 Å². The molecule has 0 bridgehead atoms. The van der Waals surface area contributed by atoms with Crippen LogP contribution in [-0.2, 0) is 0 Å². The average Bonchev–Trinajstić information content (AvgIpc) is 2.46. The van der Waals surface area contributed by atoms with Crippen LogP contribution in [0.4, 0.5) is 15.8 Å². The van der Waals surface area contributed by atoms with Crippen molar-refractivity contribution in [2.75, 3.05) is 23.7 Å².